The van der Waals surface area contributed by atoms with Gasteiger partial charge in [0.05, 0.1) is 5.56 Å². The van der Waals surface area contributed by atoms with E-state index in [0.717, 1.165) is 6.07 Å². The SMILES string of the molecule is O=C(CCCCl)c1ccc(Br)cc1OC(F)(F)F. The van der Waals surface area contributed by atoms with Crippen molar-refractivity contribution in [1.82, 2.24) is 0 Å². The molecule has 0 aliphatic rings. The highest BCUT2D eigenvalue weighted by Crippen LogP contribution is 2.30. The van der Waals surface area contributed by atoms with Gasteiger partial charge in [0.2, 0.25) is 0 Å². The minimum atomic E-state index is -4.83. The number of hydrogen-bond donors (Lipinski definition) is 0. The minimum absolute atomic E-state index is 0.0827. The first-order valence-electron chi connectivity index (χ1n) is 4.98. The second kappa shape index (κ2) is 6.43. The van der Waals surface area contributed by atoms with Gasteiger partial charge in [-0.15, -0.1) is 24.8 Å². The molecule has 1 aromatic carbocycles. The lowest BCUT2D eigenvalue weighted by Gasteiger charge is -2.12. The molecular formula is C11H9BrClF3O2. The van der Waals surface area contributed by atoms with Gasteiger partial charge in [-0.3, -0.25) is 4.79 Å². The first kappa shape index (κ1) is 15.3. The summed E-state index contributed by atoms with van der Waals surface area (Å²) in [4.78, 5) is 11.7. The van der Waals surface area contributed by atoms with E-state index in [9.17, 15) is 18.0 Å². The molecule has 0 heterocycles. The van der Waals surface area contributed by atoms with Crippen molar-refractivity contribution in [3.8, 4) is 5.75 Å². The highest BCUT2D eigenvalue weighted by Gasteiger charge is 2.32. The third kappa shape index (κ3) is 4.86. The number of ketones is 1. The molecule has 0 unspecified atom stereocenters. The second-order valence-corrected chi connectivity index (χ2v) is 4.70. The Labute approximate surface area is 115 Å². The smallest absolute Gasteiger partial charge is 0.405 e. The summed E-state index contributed by atoms with van der Waals surface area (Å²) in [6.45, 7) is 0. The zero-order valence-electron chi connectivity index (χ0n) is 9.06. The molecule has 0 saturated carbocycles. The van der Waals surface area contributed by atoms with Gasteiger partial charge >= 0.3 is 6.36 Å². The van der Waals surface area contributed by atoms with Gasteiger partial charge in [0.15, 0.2) is 5.78 Å². The van der Waals surface area contributed by atoms with Crippen molar-refractivity contribution < 1.29 is 22.7 Å². The van der Waals surface area contributed by atoms with Crippen LogP contribution in [0, 0.1) is 0 Å². The Bertz CT molecular complexity index is 435. The van der Waals surface area contributed by atoms with E-state index in [4.69, 9.17) is 11.6 Å². The van der Waals surface area contributed by atoms with Crippen LogP contribution in [0.25, 0.3) is 0 Å². The Kier molecular flexibility index (Phi) is 5.47. The fourth-order valence-corrected chi connectivity index (χ4v) is 1.77. The number of ether oxygens (including phenoxy) is 1. The molecule has 0 fully saturated rings. The number of carbonyl (C=O) groups is 1. The topological polar surface area (TPSA) is 26.3 Å². The highest BCUT2D eigenvalue weighted by molar-refractivity contribution is 9.10. The molecule has 1 rings (SSSR count). The van der Waals surface area contributed by atoms with E-state index < -0.39 is 17.9 Å². The van der Waals surface area contributed by atoms with Crippen LogP contribution in [-0.4, -0.2) is 18.0 Å². The third-order valence-electron chi connectivity index (χ3n) is 2.01. The van der Waals surface area contributed by atoms with Gasteiger partial charge in [-0.1, -0.05) is 15.9 Å². The number of carbonyl (C=O) groups excluding carboxylic acids is 1. The van der Waals surface area contributed by atoms with E-state index in [2.05, 4.69) is 20.7 Å². The maximum atomic E-state index is 12.2. The molecule has 7 heteroatoms. The van der Waals surface area contributed by atoms with Crippen LogP contribution >= 0.6 is 27.5 Å². The quantitative estimate of drug-likeness (QED) is 0.578. The van der Waals surface area contributed by atoms with Gasteiger partial charge in [0, 0.05) is 16.8 Å². The zero-order valence-corrected chi connectivity index (χ0v) is 11.4. The zero-order chi connectivity index (χ0) is 13.8. The van der Waals surface area contributed by atoms with Crippen molar-refractivity contribution in [3.05, 3.63) is 28.2 Å². The summed E-state index contributed by atoms with van der Waals surface area (Å²) in [5, 5.41) is 0. The molecule has 2 nitrogen and oxygen atoms in total. The average molecular weight is 346 g/mol. The number of alkyl halides is 4. The molecule has 0 atom stereocenters. The molecule has 100 valence electrons. The van der Waals surface area contributed by atoms with E-state index in [1.165, 1.54) is 12.1 Å². The molecule has 0 spiro atoms. The second-order valence-electron chi connectivity index (χ2n) is 3.40. The van der Waals surface area contributed by atoms with Crippen molar-refractivity contribution in [3.63, 3.8) is 0 Å². The van der Waals surface area contributed by atoms with Crippen LogP contribution in [0.2, 0.25) is 0 Å². The Morgan fingerprint density at radius 1 is 1.39 bits per heavy atom. The molecule has 0 radical (unpaired) electrons. The molecule has 0 aliphatic carbocycles. The molecule has 0 aromatic heterocycles. The number of hydrogen-bond acceptors (Lipinski definition) is 2. The molecule has 18 heavy (non-hydrogen) atoms. The lowest BCUT2D eigenvalue weighted by atomic mass is 10.1. The van der Waals surface area contributed by atoms with Crippen LogP contribution in [0.4, 0.5) is 13.2 Å². The number of halogens is 5. The van der Waals surface area contributed by atoms with E-state index in [0.29, 0.717) is 10.9 Å². The fourth-order valence-electron chi connectivity index (χ4n) is 1.30. The van der Waals surface area contributed by atoms with Crippen LogP contribution < -0.4 is 4.74 Å². The van der Waals surface area contributed by atoms with E-state index in [1.807, 2.05) is 0 Å². The van der Waals surface area contributed by atoms with E-state index >= 15 is 0 Å². The highest BCUT2D eigenvalue weighted by atomic mass is 79.9. The van der Waals surface area contributed by atoms with Crippen molar-refractivity contribution in [2.45, 2.75) is 19.2 Å². The lowest BCUT2D eigenvalue weighted by molar-refractivity contribution is -0.274. The first-order chi connectivity index (χ1) is 8.33. The monoisotopic (exact) mass is 344 g/mol. The number of Topliss-reactive ketones (excluding diaryl/α,β-unsaturated/α-hetero) is 1. The largest absolute Gasteiger partial charge is 0.573 e. The summed E-state index contributed by atoms with van der Waals surface area (Å²) in [6, 6.07) is 3.89. The van der Waals surface area contributed by atoms with E-state index in [1.54, 1.807) is 0 Å². The van der Waals surface area contributed by atoms with Crippen LogP contribution in [0.5, 0.6) is 5.75 Å². The molecule has 0 aliphatic heterocycles. The normalized spacial score (nSPS) is 11.4. The summed E-state index contributed by atoms with van der Waals surface area (Å²) >= 11 is 8.46. The standard InChI is InChI=1S/C11H9BrClF3O2/c12-7-3-4-8(9(17)2-1-5-13)10(6-7)18-11(14,15)16/h3-4,6H,1-2,5H2. The summed E-state index contributed by atoms with van der Waals surface area (Å²) in [7, 11) is 0. The molecule has 1 aromatic rings. The van der Waals surface area contributed by atoms with Crippen LogP contribution in [0.15, 0.2) is 22.7 Å². The van der Waals surface area contributed by atoms with Gasteiger partial charge in [0.25, 0.3) is 0 Å². The molecule has 0 amide bonds. The van der Waals surface area contributed by atoms with Crippen molar-refractivity contribution in [2.24, 2.45) is 0 Å². The van der Waals surface area contributed by atoms with Gasteiger partial charge in [-0.05, 0) is 24.6 Å². The average Bonchev–Trinajstić information content (AvgIpc) is 2.23. The van der Waals surface area contributed by atoms with Gasteiger partial charge in [-0.2, -0.15) is 0 Å². The summed E-state index contributed by atoms with van der Waals surface area (Å²) in [5.41, 5.74) is -0.0966. The molecule has 0 bridgehead atoms. The van der Waals surface area contributed by atoms with Crippen LogP contribution in [0.1, 0.15) is 23.2 Å². The summed E-state index contributed by atoms with van der Waals surface area (Å²) < 4.78 is 40.8. The van der Waals surface area contributed by atoms with Crippen LogP contribution in [0.3, 0.4) is 0 Å². The third-order valence-corrected chi connectivity index (χ3v) is 2.77. The van der Waals surface area contributed by atoms with Gasteiger partial charge in [-0.25, -0.2) is 0 Å². The van der Waals surface area contributed by atoms with Crippen molar-refractivity contribution in [1.29, 1.82) is 0 Å². The Morgan fingerprint density at radius 3 is 2.61 bits per heavy atom. The Balaban J connectivity index is 2.99. The maximum Gasteiger partial charge on any atom is 0.573 e. The van der Waals surface area contributed by atoms with E-state index in [-0.39, 0.29) is 17.9 Å². The first-order valence-corrected chi connectivity index (χ1v) is 6.30. The Morgan fingerprint density at radius 2 is 2.06 bits per heavy atom. The van der Waals surface area contributed by atoms with Gasteiger partial charge < -0.3 is 4.74 Å². The predicted octanol–water partition coefficient (Wildman–Crippen LogP) is 4.55. The number of benzene rings is 1. The van der Waals surface area contributed by atoms with Crippen molar-refractivity contribution in [2.75, 3.05) is 5.88 Å². The Hall–Kier alpha value is -0.750. The molecule has 0 N–H and O–H groups in total. The van der Waals surface area contributed by atoms with Crippen molar-refractivity contribution >= 4 is 33.3 Å². The fraction of sp³-hybridized carbons (Fsp3) is 0.364. The minimum Gasteiger partial charge on any atom is -0.405 e. The summed E-state index contributed by atoms with van der Waals surface area (Å²) in [5.74, 6) is -0.656. The number of rotatable bonds is 5. The summed E-state index contributed by atoms with van der Waals surface area (Å²) in [6.07, 6.45) is -4.34. The molecule has 0 saturated heterocycles. The maximum absolute atomic E-state index is 12.2. The molecular weight excluding hydrogens is 336 g/mol. The predicted molar refractivity (Wildman–Crippen MR) is 65.1 cm³/mol. The lowest BCUT2D eigenvalue weighted by Crippen LogP contribution is -2.19. The van der Waals surface area contributed by atoms with Gasteiger partial charge in [0.1, 0.15) is 5.75 Å². The van der Waals surface area contributed by atoms with Crippen LogP contribution in [-0.2, 0) is 0 Å².